The Morgan fingerprint density at radius 1 is 1.09 bits per heavy atom. The summed E-state index contributed by atoms with van der Waals surface area (Å²) in [6.45, 7) is -0.0570. The molecule has 4 nitrogen and oxygen atoms in total. The third-order valence-corrected chi connectivity index (χ3v) is 2.75. The summed E-state index contributed by atoms with van der Waals surface area (Å²) in [6.07, 6.45) is -9.66. The average Bonchev–Trinajstić information content (AvgIpc) is 2.41. The van der Waals surface area contributed by atoms with Gasteiger partial charge in [0, 0.05) is 6.54 Å². The van der Waals surface area contributed by atoms with Gasteiger partial charge in [-0.15, -0.1) is 0 Å². The van der Waals surface area contributed by atoms with E-state index < -0.39 is 35.0 Å². The van der Waals surface area contributed by atoms with Gasteiger partial charge < -0.3 is 5.73 Å². The molecule has 0 aliphatic heterocycles. The quantitative estimate of drug-likeness (QED) is 0.386. The molecule has 1 aromatic carbocycles. The van der Waals surface area contributed by atoms with Crippen molar-refractivity contribution in [3.8, 4) is 0 Å². The van der Waals surface area contributed by atoms with Crippen LogP contribution < -0.4 is 11.6 Å². The van der Waals surface area contributed by atoms with Crippen molar-refractivity contribution in [2.24, 2.45) is 11.6 Å². The van der Waals surface area contributed by atoms with Crippen LogP contribution in [0.25, 0.3) is 0 Å². The average molecular weight is 329 g/mol. The maximum Gasteiger partial charge on any atom is 0.417 e. The summed E-state index contributed by atoms with van der Waals surface area (Å²) < 4.78 is 76.3. The van der Waals surface area contributed by atoms with Crippen molar-refractivity contribution >= 4 is 5.91 Å². The maximum absolute atomic E-state index is 12.8. The van der Waals surface area contributed by atoms with Crippen LogP contribution in [0.1, 0.15) is 27.9 Å². The number of hydrogen-bond acceptors (Lipinski definition) is 3. The lowest BCUT2D eigenvalue weighted by atomic mass is 10.0. The number of carbonyl (C=O) groups excluding carboxylic acids is 1. The highest BCUT2D eigenvalue weighted by Gasteiger charge is 2.39. The van der Waals surface area contributed by atoms with E-state index in [0.717, 1.165) is 0 Å². The molecule has 10 heteroatoms. The first-order valence-corrected chi connectivity index (χ1v) is 6.03. The number of carbonyl (C=O) groups is 1. The minimum Gasteiger partial charge on any atom is -0.330 e. The second-order valence-electron chi connectivity index (χ2n) is 4.40. The molecular formula is C12H13F6N3O. The molecule has 1 rings (SSSR count). The molecule has 0 unspecified atom stereocenters. The van der Waals surface area contributed by atoms with Gasteiger partial charge in [0.15, 0.2) is 0 Å². The molecule has 0 saturated heterocycles. The molecule has 1 amide bonds. The Hall–Kier alpha value is -1.81. The summed E-state index contributed by atoms with van der Waals surface area (Å²) in [5.41, 5.74) is 1.18. The highest BCUT2D eigenvalue weighted by molar-refractivity contribution is 5.95. The van der Waals surface area contributed by atoms with Gasteiger partial charge in [-0.25, -0.2) is 5.84 Å². The second kappa shape index (κ2) is 6.53. The number of hydrazine groups is 1. The van der Waals surface area contributed by atoms with Gasteiger partial charge in [-0.3, -0.25) is 9.80 Å². The number of alkyl halides is 6. The van der Waals surface area contributed by atoms with E-state index in [4.69, 9.17) is 11.6 Å². The Bertz CT molecular complexity index is 541. The summed E-state index contributed by atoms with van der Waals surface area (Å²) in [7, 11) is 0. The van der Waals surface area contributed by atoms with E-state index in [0.29, 0.717) is 5.01 Å². The van der Waals surface area contributed by atoms with Crippen LogP contribution >= 0.6 is 0 Å². The van der Waals surface area contributed by atoms with Crippen LogP contribution in [-0.4, -0.2) is 24.0 Å². The van der Waals surface area contributed by atoms with Crippen molar-refractivity contribution in [2.45, 2.75) is 18.8 Å². The van der Waals surface area contributed by atoms with Crippen molar-refractivity contribution in [3.63, 3.8) is 0 Å². The fourth-order valence-electron chi connectivity index (χ4n) is 1.66. The third-order valence-electron chi connectivity index (χ3n) is 2.75. The van der Waals surface area contributed by atoms with Crippen molar-refractivity contribution in [2.75, 3.05) is 13.1 Å². The van der Waals surface area contributed by atoms with Gasteiger partial charge in [0.05, 0.1) is 16.7 Å². The summed E-state index contributed by atoms with van der Waals surface area (Å²) >= 11 is 0. The zero-order chi connectivity index (χ0) is 17.1. The number of nitrogens with zero attached hydrogens (tertiary/aromatic N) is 1. The van der Waals surface area contributed by atoms with Gasteiger partial charge in [-0.05, 0) is 31.2 Å². The van der Waals surface area contributed by atoms with E-state index in [-0.39, 0.29) is 37.7 Å². The summed E-state index contributed by atoms with van der Waals surface area (Å²) in [5, 5.41) is 0.414. The van der Waals surface area contributed by atoms with Crippen LogP contribution in [-0.2, 0) is 12.4 Å². The van der Waals surface area contributed by atoms with Crippen LogP contribution in [0.2, 0.25) is 0 Å². The van der Waals surface area contributed by atoms with Crippen LogP contribution in [0.15, 0.2) is 18.2 Å². The van der Waals surface area contributed by atoms with Gasteiger partial charge in [0.25, 0.3) is 5.91 Å². The monoisotopic (exact) mass is 329 g/mol. The van der Waals surface area contributed by atoms with Crippen molar-refractivity contribution in [1.29, 1.82) is 0 Å². The SMILES string of the molecule is NCCCN(N)C(=O)c1cc(C(F)(F)F)ccc1C(F)(F)F. The van der Waals surface area contributed by atoms with Crippen LogP contribution in [0.3, 0.4) is 0 Å². The highest BCUT2D eigenvalue weighted by atomic mass is 19.4. The first-order chi connectivity index (χ1) is 9.98. The summed E-state index contributed by atoms with van der Waals surface area (Å²) in [4.78, 5) is 11.9. The maximum atomic E-state index is 12.8. The lowest BCUT2D eigenvalue weighted by Gasteiger charge is -2.20. The summed E-state index contributed by atoms with van der Waals surface area (Å²) in [6, 6.07) is 0.626. The Balaban J connectivity index is 3.31. The molecule has 22 heavy (non-hydrogen) atoms. The van der Waals surface area contributed by atoms with Crippen LogP contribution in [0.5, 0.6) is 0 Å². The minimum atomic E-state index is -4.98. The Kier molecular flexibility index (Phi) is 5.41. The number of amides is 1. The van der Waals surface area contributed by atoms with Crippen molar-refractivity contribution in [1.82, 2.24) is 5.01 Å². The normalized spacial score (nSPS) is 12.4. The van der Waals surface area contributed by atoms with E-state index in [1.54, 1.807) is 0 Å². The largest absolute Gasteiger partial charge is 0.417 e. The molecule has 124 valence electrons. The molecule has 0 bridgehead atoms. The van der Waals surface area contributed by atoms with Crippen molar-refractivity contribution < 1.29 is 31.1 Å². The van der Waals surface area contributed by atoms with Gasteiger partial charge in [0.1, 0.15) is 0 Å². The molecule has 0 heterocycles. The molecular weight excluding hydrogens is 316 g/mol. The molecule has 0 atom stereocenters. The molecule has 4 N–H and O–H groups in total. The lowest BCUT2D eigenvalue weighted by molar-refractivity contribution is -0.141. The Labute approximate surface area is 121 Å². The molecule has 0 spiro atoms. The highest BCUT2D eigenvalue weighted by Crippen LogP contribution is 2.36. The Morgan fingerprint density at radius 2 is 1.68 bits per heavy atom. The molecule has 0 fully saturated rings. The fourth-order valence-corrected chi connectivity index (χ4v) is 1.66. The Morgan fingerprint density at radius 3 is 2.14 bits per heavy atom. The number of benzene rings is 1. The zero-order valence-corrected chi connectivity index (χ0v) is 11.1. The first-order valence-electron chi connectivity index (χ1n) is 6.03. The van der Waals surface area contributed by atoms with E-state index in [9.17, 15) is 31.1 Å². The summed E-state index contributed by atoms with van der Waals surface area (Å²) in [5.74, 6) is 3.93. The van der Waals surface area contributed by atoms with Crippen LogP contribution in [0, 0.1) is 0 Å². The number of hydrogen-bond donors (Lipinski definition) is 2. The molecule has 0 saturated carbocycles. The number of nitrogens with two attached hydrogens (primary N) is 2. The number of rotatable bonds is 4. The lowest BCUT2D eigenvalue weighted by Crippen LogP contribution is -2.40. The minimum absolute atomic E-state index is 0.121. The molecule has 0 aromatic heterocycles. The van der Waals surface area contributed by atoms with Gasteiger partial charge in [-0.1, -0.05) is 0 Å². The third kappa shape index (κ3) is 4.34. The predicted octanol–water partition coefficient (Wildman–Crippen LogP) is 2.39. The van der Waals surface area contributed by atoms with Crippen molar-refractivity contribution in [3.05, 3.63) is 34.9 Å². The van der Waals surface area contributed by atoms with Crippen LogP contribution in [0.4, 0.5) is 26.3 Å². The standard InChI is InChI=1S/C12H13F6N3O/c13-11(14,15)7-2-3-9(12(16,17)18)8(6-7)10(22)21(20)5-1-4-19/h2-3,6H,1,4-5,19-20H2. The van der Waals surface area contributed by atoms with Gasteiger partial charge in [-0.2, -0.15) is 26.3 Å². The van der Waals surface area contributed by atoms with Gasteiger partial charge in [0.2, 0.25) is 0 Å². The topological polar surface area (TPSA) is 72.3 Å². The second-order valence-corrected chi connectivity index (χ2v) is 4.40. The molecule has 0 radical (unpaired) electrons. The first kappa shape index (κ1) is 18.2. The van der Waals surface area contributed by atoms with E-state index >= 15 is 0 Å². The van der Waals surface area contributed by atoms with E-state index in [1.165, 1.54) is 0 Å². The van der Waals surface area contributed by atoms with E-state index in [1.807, 2.05) is 0 Å². The smallest absolute Gasteiger partial charge is 0.330 e. The fraction of sp³-hybridized carbons (Fsp3) is 0.417. The molecule has 0 aliphatic rings. The molecule has 1 aromatic rings. The van der Waals surface area contributed by atoms with Gasteiger partial charge >= 0.3 is 12.4 Å². The predicted molar refractivity (Wildman–Crippen MR) is 65.3 cm³/mol. The molecule has 0 aliphatic carbocycles. The van der Waals surface area contributed by atoms with E-state index in [2.05, 4.69) is 0 Å². The number of halogens is 6. The zero-order valence-electron chi connectivity index (χ0n) is 11.1.